The van der Waals surface area contributed by atoms with Gasteiger partial charge < -0.3 is 14.2 Å². The molecule has 0 aliphatic rings. The first-order chi connectivity index (χ1) is 13.0. The van der Waals surface area contributed by atoms with E-state index in [-0.39, 0.29) is 30.1 Å². The second-order valence-corrected chi connectivity index (χ2v) is 7.98. The summed E-state index contributed by atoms with van der Waals surface area (Å²) in [5, 5.41) is 0. The summed E-state index contributed by atoms with van der Waals surface area (Å²) in [6, 6.07) is -0.600. The van der Waals surface area contributed by atoms with Crippen LogP contribution in [0.25, 0.3) is 0 Å². The molecule has 0 aliphatic carbocycles. The third kappa shape index (κ3) is 4.83. The minimum absolute atomic E-state index is 0.0367. The highest BCUT2D eigenvalue weighted by Crippen LogP contribution is 2.26. The van der Waals surface area contributed by atoms with Gasteiger partial charge in [-0.05, 0) is 46.1 Å². The van der Waals surface area contributed by atoms with Crippen LogP contribution in [0.5, 0.6) is 0 Å². The number of carbonyl (C=O) groups is 3. The molecule has 0 saturated heterocycles. The second kappa shape index (κ2) is 9.89. The van der Waals surface area contributed by atoms with Crippen molar-refractivity contribution in [2.24, 2.45) is 11.8 Å². The summed E-state index contributed by atoms with van der Waals surface area (Å²) in [7, 11) is 0. The Labute approximate surface area is 169 Å². The Balaban J connectivity index is 3.43. The largest absolute Gasteiger partial charge is 0.461 e. The minimum atomic E-state index is -0.600. The number of hydrogen-bond donors (Lipinski definition) is 0. The number of ketones is 1. The van der Waals surface area contributed by atoms with Crippen molar-refractivity contribution >= 4 is 17.7 Å². The first-order valence-electron chi connectivity index (χ1n) is 10.2. The van der Waals surface area contributed by atoms with Crippen molar-refractivity contribution in [3.8, 4) is 0 Å². The third-order valence-corrected chi connectivity index (χ3v) is 4.98. The van der Waals surface area contributed by atoms with Gasteiger partial charge in [0.2, 0.25) is 5.91 Å². The predicted octanol–water partition coefficient (Wildman–Crippen LogP) is 4.01. The van der Waals surface area contributed by atoms with Crippen LogP contribution < -0.4 is 0 Å². The topological polar surface area (TPSA) is 68.6 Å². The molecule has 6 nitrogen and oxygen atoms in total. The second-order valence-electron chi connectivity index (χ2n) is 7.98. The van der Waals surface area contributed by atoms with Crippen molar-refractivity contribution in [2.75, 3.05) is 13.2 Å². The standard InChI is InChI=1S/C22H36N2O4/c1-10-23-16(8)18(15(7)19(23)22(27)28-11-2)20(25)17(9)24(12-13(3)4)21(26)14(5)6/h13-14,17H,10-12H2,1-9H3/t17-/m0/s1. The van der Waals surface area contributed by atoms with Gasteiger partial charge >= 0.3 is 5.97 Å². The van der Waals surface area contributed by atoms with E-state index in [1.165, 1.54) is 0 Å². The van der Waals surface area contributed by atoms with Crippen LogP contribution >= 0.6 is 0 Å². The average molecular weight is 393 g/mol. The molecule has 0 aromatic carbocycles. The molecule has 1 aromatic rings. The van der Waals surface area contributed by atoms with E-state index in [9.17, 15) is 14.4 Å². The van der Waals surface area contributed by atoms with Crippen LogP contribution in [0.15, 0.2) is 0 Å². The van der Waals surface area contributed by atoms with Crippen molar-refractivity contribution in [3.63, 3.8) is 0 Å². The summed E-state index contributed by atoms with van der Waals surface area (Å²) in [5.41, 5.74) is 2.29. The number of amides is 1. The molecule has 0 saturated carbocycles. The van der Waals surface area contributed by atoms with Gasteiger partial charge in [0.25, 0.3) is 0 Å². The highest BCUT2D eigenvalue weighted by molar-refractivity contribution is 6.06. The Morgan fingerprint density at radius 1 is 1.04 bits per heavy atom. The van der Waals surface area contributed by atoms with Crippen molar-refractivity contribution in [2.45, 2.75) is 74.9 Å². The molecule has 158 valence electrons. The Morgan fingerprint density at radius 3 is 2.04 bits per heavy atom. The van der Waals surface area contributed by atoms with Crippen LogP contribution in [-0.2, 0) is 16.1 Å². The van der Waals surface area contributed by atoms with Crippen LogP contribution in [0.2, 0.25) is 0 Å². The molecule has 1 atom stereocenters. The third-order valence-electron chi connectivity index (χ3n) is 4.98. The molecule has 1 heterocycles. The first kappa shape index (κ1) is 23.9. The van der Waals surface area contributed by atoms with Gasteiger partial charge in [-0.15, -0.1) is 0 Å². The van der Waals surface area contributed by atoms with E-state index in [1.54, 1.807) is 25.7 Å². The zero-order chi connectivity index (χ0) is 21.8. The highest BCUT2D eigenvalue weighted by atomic mass is 16.5. The molecular weight excluding hydrogens is 356 g/mol. The lowest BCUT2D eigenvalue weighted by molar-refractivity contribution is -0.136. The van der Waals surface area contributed by atoms with Crippen LogP contribution in [0.1, 0.15) is 80.6 Å². The summed E-state index contributed by atoms with van der Waals surface area (Å²) >= 11 is 0. The molecule has 6 heteroatoms. The molecule has 0 radical (unpaired) electrons. The fourth-order valence-electron chi connectivity index (χ4n) is 3.63. The summed E-state index contributed by atoms with van der Waals surface area (Å²) < 4.78 is 7.02. The predicted molar refractivity (Wildman–Crippen MR) is 111 cm³/mol. The molecule has 0 spiro atoms. The van der Waals surface area contributed by atoms with Crippen LogP contribution in [0.4, 0.5) is 0 Å². The Hall–Kier alpha value is -2.11. The molecule has 0 fully saturated rings. The van der Waals surface area contributed by atoms with Gasteiger partial charge in [-0.3, -0.25) is 9.59 Å². The zero-order valence-electron chi connectivity index (χ0n) is 18.9. The lowest BCUT2D eigenvalue weighted by Gasteiger charge is -2.31. The quantitative estimate of drug-likeness (QED) is 0.470. The van der Waals surface area contributed by atoms with Gasteiger partial charge in [0.1, 0.15) is 5.69 Å². The van der Waals surface area contributed by atoms with E-state index in [1.807, 2.05) is 46.1 Å². The smallest absolute Gasteiger partial charge is 0.355 e. The minimum Gasteiger partial charge on any atom is -0.461 e. The SMILES string of the molecule is CCOC(=O)c1c(C)c(C(=O)[C@H](C)N(CC(C)C)C(=O)C(C)C)c(C)n1CC. The molecule has 0 aliphatic heterocycles. The fourth-order valence-corrected chi connectivity index (χ4v) is 3.63. The monoisotopic (exact) mass is 392 g/mol. The molecular formula is C22H36N2O4. The van der Waals surface area contributed by atoms with E-state index in [4.69, 9.17) is 4.74 Å². The first-order valence-corrected chi connectivity index (χ1v) is 10.2. The maximum absolute atomic E-state index is 13.4. The molecule has 1 rings (SSSR count). The van der Waals surface area contributed by atoms with E-state index in [0.717, 1.165) is 5.69 Å². The molecule has 0 N–H and O–H groups in total. The molecule has 28 heavy (non-hydrogen) atoms. The fraction of sp³-hybridized carbons (Fsp3) is 0.682. The molecule has 1 aromatic heterocycles. The number of Topliss-reactive ketones (excluding diaryl/α,β-unsaturated/α-hetero) is 1. The lowest BCUT2D eigenvalue weighted by Crippen LogP contribution is -2.47. The van der Waals surface area contributed by atoms with Gasteiger partial charge in [-0.25, -0.2) is 4.79 Å². The Bertz CT molecular complexity index is 731. The average Bonchev–Trinajstić information content (AvgIpc) is 2.87. The highest BCUT2D eigenvalue weighted by Gasteiger charge is 2.33. The van der Waals surface area contributed by atoms with Crippen molar-refractivity contribution in [1.82, 2.24) is 9.47 Å². The van der Waals surface area contributed by atoms with Crippen molar-refractivity contribution < 1.29 is 19.1 Å². The molecule has 1 amide bonds. The maximum Gasteiger partial charge on any atom is 0.355 e. The summed E-state index contributed by atoms with van der Waals surface area (Å²) in [6.45, 7) is 18.2. The van der Waals surface area contributed by atoms with Crippen LogP contribution in [-0.4, -0.2) is 46.3 Å². The maximum atomic E-state index is 13.4. The van der Waals surface area contributed by atoms with Gasteiger partial charge in [0.05, 0.1) is 12.6 Å². The van der Waals surface area contributed by atoms with Gasteiger partial charge in [-0.1, -0.05) is 27.7 Å². The van der Waals surface area contributed by atoms with E-state index in [0.29, 0.717) is 29.9 Å². The number of rotatable bonds is 9. The number of hydrogen-bond acceptors (Lipinski definition) is 4. The van der Waals surface area contributed by atoms with Gasteiger partial charge in [0.15, 0.2) is 5.78 Å². The number of ether oxygens (including phenoxy) is 1. The Morgan fingerprint density at radius 2 is 1.61 bits per heavy atom. The molecule has 0 unspecified atom stereocenters. The van der Waals surface area contributed by atoms with Crippen molar-refractivity contribution in [3.05, 3.63) is 22.5 Å². The van der Waals surface area contributed by atoms with Gasteiger partial charge in [-0.2, -0.15) is 0 Å². The van der Waals surface area contributed by atoms with Gasteiger partial charge in [0, 0.05) is 30.3 Å². The molecule has 0 bridgehead atoms. The van der Waals surface area contributed by atoms with E-state index < -0.39 is 12.0 Å². The van der Waals surface area contributed by atoms with Crippen LogP contribution in [0.3, 0.4) is 0 Å². The summed E-state index contributed by atoms with van der Waals surface area (Å²) in [5.74, 6) is -0.538. The normalized spacial score (nSPS) is 12.4. The summed E-state index contributed by atoms with van der Waals surface area (Å²) in [6.07, 6.45) is 0. The van der Waals surface area contributed by atoms with Crippen LogP contribution in [0, 0.1) is 25.7 Å². The lowest BCUT2D eigenvalue weighted by atomic mass is 9.98. The number of carbonyl (C=O) groups excluding carboxylic acids is 3. The van der Waals surface area contributed by atoms with E-state index >= 15 is 0 Å². The van der Waals surface area contributed by atoms with E-state index in [2.05, 4.69) is 0 Å². The summed E-state index contributed by atoms with van der Waals surface area (Å²) in [4.78, 5) is 40.3. The number of esters is 1. The Kier molecular flexibility index (Phi) is 8.46. The van der Waals surface area contributed by atoms with Crippen molar-refractivity contribution in [1.29, 1.82) is 0 Å². The number of nitrogens with zero attached hydrogens (tertiary/aromatic N) is 2. The number of aromatic nitrogens is 1. The zero-order valence-corrected chi connectivity index (χ0v) is 18.9.